The van der Waals surface area contributed by atoms with Gasteiger partial charge >= 0.3 is 0 Å². The van der Waals surface area contributed by atoms with Gasteiger partial charge in [-0.1, -0.05) is 24.3 Å². The van der Waals surface area contributed by atoms with Crippen LogP contribution in [0.4, 0.5) is 0 Å². The first-order chi connectivity index (χ1) is 12.2. The van der Waals surface area contributed by atoms with Crippen LogP contribution in [-0.2, 0) is 0 Å². The summed E-state index contributed by atoms with van der Waals surface area (Å²) in [5.41, 5.74) is 0.611. The Morgan fingerprint density at radius 1 is 1.24 bits per heavy atom. The smallest absolute Gasteiger partial charge is 0.255 e. The molecule has 2 N–H and O–H groups in total. The molecule has 2 aromatic rings. The highest BCUT2D eigenvalue weighted by atomic mass is 16.5. The van der Waals surface area contributed by atoms with Crippen LogP contribution in [0, 0.1) is 0 Å². The molecule has 1 heterocycles. The Morgan fingerprint density at radius 3 is 2.72 bits per heavy atom. The van der Waals surface area contributed by atoms with Crippen LogP contribution in [0.3, 0.4) is 0 Å². The van der Waals surface area contributed by atoms with E-state index < -0.39 is 0 Å². The van der Waals surface area contributed by atoms with Gasteiger partial charge in [-0.25, -0.2) is 0 Å². The van der Waals surface area contributed by atoms with Crippen molar-refractivity contribution in [2.24, 2.45) is 0 Å². The molecule has 4 heteroatoms. The minimum absolute atomic E-state index is 0.0516. The number of methoxy groups -OCH3 is 1. The second kappa shape index (κ2) is 8.34. The first kappa shape index (κ1) is 17.7. The lowest BCUT2D eigenvalue weighted by molar-refractivity contribution is -0.928. The van der Waals surface area contributed by atoms with Gasteiger partial charge in [-0.05, 0) is 49.1 Å². The first-order valence-corrected chi connectivity index (χ1v) is 9.38. The normalized spacial score (nSPS) is 20.4. The van der Waals surface area contributed by atoms with Gasteiger partial charge in [-0.3, -0.25) is 4.79 Å². The predicted molar refractivity (Wildman–Crippen MR) is 101 cm³/mol. The Hall–Kier alpha value is -2.07. The van der Waals surface area contributed by atoms with E-state index in [0.29, 0.717) is 17.9 Å². The average molecular weight is 341 g/mol. The van der Waals surface area contributed by atoms with Crippen LogP contribution in [0.15, 0.2) is 36.4 Å². The van der Waals surface area contributed by atoms with Crippen LogP contribution in [0.2, 0.25) is 0 Å². The molecule has 3 rings (SSSR count). The Kier molecular flexibility index (Phi) is 5.92. The maximum absolute atomic E-state index is 12.6. The van der Waals surface area contributed by atoms with Gasteiger partial charge in [0.15, 0.2) is 0 Å². The molecule has 4 nitrogen and oxygen atoms in total. The molecule has 0 radical (unpaired) electrons. The summed E-state index contributed by atoms with van der Waals surface area (Å²) in [5.74, 6) is 0.579. The van der Waals surface area contributed by atoms with Crippen LogP contribution < -0.4 is 15.0 Å². The lowest BCUT2D eigenvalue weighted by Crippen LogP contribution is -3.16. The summed E-state index contributed by atoms with van der Waals surface area (Å²) >= 11 is 0. The van der Waals surface area contributed by atoms with Gasteiger partial charge in [-0.15, -0.1) is 0 Å². The highest BCUT2D eigenvalue weighted by Gasteiger charge is 2.21. The molecule has 0 bridgehead atoms. The number of benzene rings is 2. The van der Waals surface area contributed by atoms with Gasteiger partial charge in [0.05, 0.1) is 31.8 Å². The fourth-order valence-electron chi connectivity index (χ4n) is 3.80. The molecular weight excluding hydrogens is 312 g/mol. The summed E-state index contributed by atoms with van der Waals surface area (Å²) in [7, 11) is 1.61. The SMILES string of the molecule is COc1cc2ccccc2cc1C(=O)NCCC[NH+]1CCCC[C@@H]1C. The zero-order valence-corrected chi connectivity index (χ0v) is 15.3. The zero-order chi connectivity index (χ0) is 17.6. The van der Waals surface area contributed by atoms with Crippen molar-refractivity contribution in [3.63, 3.8) is 0 Å². The number of likely N-dealkylation sites (tertiary alicyclic amines) is 1. The molecule has 1 saturated heterocycles. The Bertz CT molecular complexity index is 729. The lowest BCUT2D eigenvalue weighted by Gasteiger charge is -2.30. The van der Waals surface area contributed by atoms with Gasteiger partial charge in [0.25, 0.3) is 5.91 Å². The fraction of sp³-hybridized carbons (Fsp3) is 0.476. The fourth-order valence-corrected chi connectivity index (χ4v) is 3.80. The molecular formula is C21H29N2O2+. The topological polar surface area (TPSA) is 42.8 Å². The van der Waals surface area contributed by atoms with Crippen molar-refractivity contribution in [1.29, 1.82) is 0 Å². The Labute approximate surface area is 150 Å². The van der Waals surface area contributed by atoms with E-state index in [0.717, 1.165) is 29.8 Å². The Morgan fingerprint density at radius 2 is 2.00 bits per heavy atom. The third-order valence-electron chi connectivity index (χ3n) is 5.35. The highest BCUT2D eigenvalue weighted by Crippen LogP contribution is 2.25. The molecule has 134 valence electrons. The number of amides is 1. The standard InChI is InChI=1S/C21H28N2O2/c1-16-8-5-6-12-23(16)13-7-11-22-21(24)19-14-17-9-3-4-10-18(17)15-20(19)25-2/h3-4,9-10,14-16H,5-8,11-13H2,1-2H3,(H,22,24)/p+1/t16-/m0/s1. The number of hydrogen-bond acceptors (Lipinski definition) is 2. The molecule has 1 unspecified atom stereocenters. The molecule has 1 aliphatic rings. The van der Waals surface area contributed by atoms with Gasteiger partial charge in [0, 0.05) is 13.0 Å². The van der Waals surface area contributed by atoms with Gasteiger partial charge in [0.1, 0.15) is 5.75 Å². The molecule has 2 aromatic carbocycles. The van der Waals surface area contributed by atoms with E-state index in [1.807, 2.05) is 36.4 Å². The van der Waals surface area contributed by atoms with E-state index in [1.165, 1.54) is 25.8 Å². The van der Waals surface area contributed by atoms with Crippen molar-refractivity contribution < 1.29 is 14.4 Å². The van der Waals surface area contributed by atoms with Gasteiger partial charge < -0.3 is 15.0 Å². The van der Waals surface area contributed by atoms with E-state index in [-0.39, 0.29) is 5.91 Å². The summed E-state index contributed by atoms with van der Waals surface area (Å²) in [6, 6.07) is 12.6. The number of fused-ring (bicyclic) bond motifs is 1. The van der Waals surface area contributed by atoms with Gasteiger partial charge in [-0.2, -0.15) is 0 Å². The van der Waals surface area contributed by atoms with Crippen molar-refractivity contribution >= 4 is 16.7 Å². The summed E-state index contributed by atoms with van der Waals surface area (Å²) in [6.07, 6.45) is 5.04. The van der Waals surface area contributed by atoms with Crippen LogP contribution in [0.25, 0.3) is 10.8 Å². The molecule has 2 atom stereocenters. The molecule has 0 saturated carbocycles. The second-order valence-corrected chi connectivity index (χ2v) is 7.06. The zero-order valence-electron chi connectivity index (χ0n) is 15.3. The predicted octanol–water partition coefficient (Wildman–Crippen LogP) is 2.43. The summed E-state index contributed by atoms with van der Waals surface area (Å²) in [4.78, 5) is 14.3. The molecule has 0 aromatic heterocycles. The number of piperidine rings is 1. The monoisotopic (exact) mass is 341 g/mol. The van der Waals surface area contributed by atoms with Crippen molar-refractivity contribution in [2.45, 2.75) is 38.6 Å². The maximum Gasteiger partial charge on any atom is 0.255 e. The van der Waals surface area contributed by atoms with E-state index in [2.05, 4.69) is 12.2 Å². The number of rotatable bonds is 6. The molecule has 1 aliphatic heterocycles. The van der Waals surface area contributed by atoms with Crippen molar-refractivity contribution in [3.8, 4) is 5.75 Å². The lowest BCUT2D eigenvalue weighted by atomic mass is 10.0. The molecule has 25 heavy (non-hydrogen) atoms. The van der Waals surface area contributed by atoms with Crippen LogP contribution >= 0.6 is 0 Å². The summed E-state index contributed by atoms with van der Waals surface area (Å²) < 4.78 is 5.43. The number of nitrogens with one attached hydrogen (secondary N) is 2. The van der Waals surface area contributed by atoms with E-state index in [1.54, 1.807) is 12.0 Å². The molecule has 0 aliphatic carbocycles. The van der Waals surface area contributed by atoms with Crippen LogP contribution in [0.5, 0.6) is 5.75 Å². The average Bonchev–Trinajstić information content (AvgIpc) is 2.65. The summed E-state index contributed by atoms with van der Waals surface area (Å²) in [5, 5.41) is 5.20. The van der Waals surface area contributed by atoms with E-state index in [9.17, 15) is 4.79 Å². The maximum atomic E-state index is 12.6. The van der Waals surface area contributed by atoms with Crippen molar-refractivity contribution in [1.82, 2.24) is 5.32 Å². The molecule has 1 fully saturated rings. The van der Waals surface area contributed by atoms with Crippen molar-refractivity contribution in [3.05, 3.63) is 42.0 Å². The van der Waals surface area contributed by atoms with Crippen LogP contribution in [0.1, 0.15) is 43.0 Å². The van der Waals surface area contributed by atoms with E-state index >= 15 is 0 Å². The minimum atomic E-state index is -0.0516. The largest absolute Gasteiger partial charge is 0.496 e. The Balaban J connectivity index is 1.58. The number of ether oxygens (including phenoxy) is 1. The molecule has 1 amide bonds. The van der Waals surface area contributed by atoms with Crippen LogP contribution in [-0.4, -0.2) is 38.7 Å². The number of carbonyl (C=O) groups is 1. The number of hydrogen-bond donors (Lipinski definition) is 2. The van der Waals surface area contributed by atoms with E-state index in [4.69, 9.17) is 4.74 Å². The first-order valence-electron chi connectivity index (χ1n) is 9.38. The number of quaternary nitrogens is 1. The third kappa shape index (κ3) is 4.31. The summed E-state index contributed by atoms with van der Waals surface area (Å²) in [6.45, 7) is 5.46. The minimum Gasteiger partial charge on any atom is -0.496 e. The quantitative estimate of drug-likeness (QED) is 0.793. The molecule has 0 spiro atoms. The third-order valence-corrected chi connectivity index (χ3v) is 5.35. The highest BCUT2D eigenvalue weighted by molar-refractivity contribution is 6.01. The number of carbonyl (C=O) groups excluding carboxylic acids is 1. The van der Waals surface area contributed by atoms with Crippen molar-refractivity contribution in [2.75, 3.05) is 26.7 Å². The second-order valence-electron chi connectivity index (χ2n) is 7.06. The van der Waals surface area contributed by atoms with Gasteiger partial charge in [0.2, 0.25) is 0 Å².